The van der Waals surface area contributed by atoms with Crippen molar-refractivity contribution in [2.45, 2.75) is 60.9 Å². The van der Waals surface area contributed by atoms with E-state index in [1.54, 1.807) is 24.3 Å². The summed E-state index contributed by atoms with van der Waals surface area (Å²) < 4.78 is 27.3. The zero-order valence-electron chi connectivity index (χ0n) is 17.8. The maximum absolute atomic E-state index is 12.9. The molecular weight excluding hydrogens is 362 g/mol. The highest BCUT2D eigenvalue weighted by Gasteiger charge is 2.22. The summed E-state index contributed by atoms with van der Waals surface area (Å²) in [4.78, 5) is 14.8. The van der Waals surface area contributed by atoms with Crippen LogP contribution in [0.5, 0.6) is 5.75 Å². The molecule has 0 spiro atoms. The molecule has 1 amide bonds. The number of hydrogen-bond acceptors (Lipinski definition) is 4. The minimum atomic E-state index is -3.54. The first-order chi connectivity index (χ1) is 12.2. The van der Waals surface area contributed by atoms with Gasteiger partial charge in [0.2, 0.25) is 5.91 Å². The summed E-state index contributed by atoms with van der Waals surface area (Å²) in [6.07, 6.45) is 2.56. The minimum absolute atomic E-state index is 0.164. The van der Waals surface area contributed by atoms with E-state index >= 15 is 0 Å². The smallest absolute Gasteiger partial charge is 0.306 e. The van der Waals surface area contributed by atoms with Crippen molar-refractivity contribution in [1.29, 1.82) is 0 Å². The fourth-order valence-electron chi connectivity index (χ4n) is 3.29. The highest BCUT2D eigenvalue weighted by atomic mass is 32.2. The molecule has 0 aliphatic rings. The van der Waals surface area contributed by atoms with Crippen LogP contribution in [0.4, 0.5) is 0 Å². The Labute approximate surface area is 165 Å². The van der Waals surface area contributed by atoms with Gasteiger partial charge in [-0.1, -0.05) is 53.7 Å². The first-order valence-electron chi connectivity index (χ1n) is 9.51. The molecule has 1 aromatic carbocycles. The molecule has 6 heteroatoms. The summed E-state index contributed by atoms with van der Waals surface area (Å²) in [5.41, 5.74) is 1.16. The van der Waals surface area contributed by atoms with E-state index in [9.17, 15) is 13.2 Å². The standard InChI is InChI=1S/C21H35NO4S/c1-16(2)14-22(20(23)12-17(3)13-21(4,5)6)15-18-8-10-19(11-9-18)26-27(7,24)25/h8-11,16-17H,12-15H2,1-7H3. The predicted molar refractivity (Wildman–Crippen MR) is 110 cm³/mol. The van der Waals surface area contributed by atoms with Gasteiger partial charge in [0.05, 0.1) is 6.26 Å². The molecule has 0 N–H and O–H groups in total. The van der Waals surface area contributed by atoms with Crippen LogP contribution in [0.2, 0.25) is 0 Å². The van der Waals surface area contributed by atoms with Gasteiger partial charge in [-0.2, -0.15) is 8.42 Å². The van der Waals surface area contributed by atoms with Crippen LogP contribution in [0.25, 0.3) is 0 Å². The van der Waals surface area contributed by atoms with Gasteiger partial charge in [0.1, 0.15) is 5.75 Å². The lowest BCUT2D eigenvalue weighted by Crippen LogP contribution is -2.35. The molecule has 1 aromatic rings. The molecule has 5 nitrogen and oxygen atoms in total. The lowest BCUT2D eigenvalue weighted by atomic mass is 9.84. The number of benzene rings is 1. The van der Waals surface area contributed by atoms with Crippen molar-refractivity contribution in [2.24, 2.45) is 17.3 Å². The predicted octanol–water partition coefficient (Wildman–Crippen LogP) is 4.47. The molecule has 0 aliphatic carbocycles. The van der Waals surface area contributed by atoms with Gasteiger partial charge < -0.3 is 9.08 Å². The summed E-state index contributed by atoms with van der Waals surface area (Å²) in [6.45, 7) is 14.1. The molecule has 0 bridgehead atoms. The number of hydrogen-bond donors (Lipinski definition) is 0. The monoisotopic (exact) mass is 397 g/mol. The van der Waals surface area contributed by atoms with Crippen LogP contribution in [0.15, 0.2) is 24.3 Å². The second-order valence-electron chi connectivity index (χ2n) is 9.17. The third-order valence-corrected chi connectivity index (χ3v) is 4.46. The molecule has 0 aromatic heterocycles. The summed E-state index contributed by atoms with van der Waals surface area (Å²) in [5.74, 6) is 1.15. The van der Waals surface area contributed by atoms with Crippen LogP contribution in [0.1, 0.15) is 59.9 Å². The Bertz CT molecular complexity index is 703. The molecule has 154 valence electrons. The van der Waals surface area contributed by atoms with E-state index in [-0.39, 0.29) is 17.1 Å². The fraction of sp³-hybridized carbons (Fsp3) is 0.667. The lowest BCUT2D eigenvalue weighted by molar-refractivity contribution is -0.133. The molecule has 0 aliphatic heterocycles. The topological polar surface area (TPSA) is 63.7 Å². The highest BCUT2D eigenvalue weighted by molar-refractivity contribution is 7.86. The Morgan fingerprint density at radius 2 is 1.67 bits per heavy atom. The van der Waals surface area contributed by atoms with Gasteiger partial charge >= 0.3 is 10.1 Å². The van der Waals surface area contributed by atoms with Crippen molar-refractivity contribution in [1.82, 2.24) is 4.90 Å². The molecule has 1 atom stereocenters. The Morgan fingerprint density at radius 3 is 2.11 bits per heavy atom. The lowest BCUT2D eigenvalue weighted by Gasteiger charge is -2.28. The highest BCUT2D eigenvalue weighted by Crippen LogP contribution is 2.26. The SMILES string of the molecule is CC(C)CN(Cc1ccc(OS(C)(=O)=O)cc1)C(=O)CC(C)CC(C)(C)C. The molecule has 0 heterocycles. The van der Waals surface area contributed by atoms with E-state index in [1.807, 2.05) is 4.90 Å². The molecule has 0 saturated heterocycles. The molecule has 0 saturated carbocycles. The molecule has 1 rings (SSSR count). The Morgan fingerprint density at radius 1 is 1.11 bits per heavy atom. The first-order valence-corrected chi connectivity index (χ1v) is 11.3. The van der Waals surface area contributed by atoms with E-state index in [2.05, 4.69) is 41.5 Å². The normalized spacial score (nSPS) is 13.5. The van der Waals surface area contributed by atoms with E-state index in [1.165, 1.54) is 0 Å². The van der Waals surface area contributed by atoms with Crippen LogP contribution >= 0.6 is 0 Å². The zero-order chi connectivity index (χ0) is 20.8. The first kappa shape index (κ1) is 23.5. The average molecular weight is 398 g/mol. The third kappa shape index (κ3) is 10.4. The fourth-order valence-corrected chi connectivity index (χ4v) is 3.75. The molecule has 0 fully saturated rings. The van der Waals surface area contributed by atoms with Gasteiger partial charge in [0.15, 0.2) is 0 Å². The zero-order valence-corrected chi connectivity index (χ0v) is 18.6. The summed E-state index contributed by atoms with van der Waals surface area (Å²) in [5, 5.41) is 0. The second kappa shape index (κ2) is 9.58. The van der Waals surface area contributed by atoms with E-state index in [0.29, 0.717) is 31.3 Å². The Hall–Kier alpha value is -1.56. The van der Waals surface area contributed by atoms with Gasteiger partial charge in [0, 0.05) is 19.5 Å². The molecule has 0 radical (unpaired) electrons. The summed E-state index contributed by atoms with van der Waals surface area (Å²) in [7, 11) is -3.54. The quantitative estimate of drug-likeness (QED) is 0.577. The van der Waals surface area contributed by atoms with Crippen LogP contribution < -0.4 is 4.18 Å². The van der Waals surface area contributed by atoms with E-state index in [0.717, 1.165) is 18.2 Å². The third-order valence-electron chi connectivity index (χ3n) is 3.97. The van der Waals surface area contributed by atoms with E-state index in [4.69, 9.17) is 4.18 Å². The largest absolute Gasteiger partial charge is 0.383 e. The Kier molecular flexibility index (Phi) is 8.33. The van der Waals surface area contributed by atoms with Crippen LogP contribution in [-0.2, 0) is 21.5 Å². The molecule has 27 heavy (non-hydrogen) atoms. The van der Waals surface area contributed by atoms with Gasteiger partial charge in [-0.05, 0) is 41.4 Å². The Balaban J connectivity index is 2.80. The van der Waals surface area contributed by atoms with Crippen molar-refractivity contribution < 1.29 is 17.4 Å². The van der Waals surface area contributed by atoms with Gasteiger partial charge in [-0.25, -0.2) is 0 Å². The number of carbonyl (C=O) groups excluding carboxylic acids is 1. The summed E-state index contributed by atoms with van der Waals surface area (Å²) in [6, 6.07) is 6.85. The van der Waals surface area contributed by atoms with E-state index < -0.39 is 10.1 Å². The van der Waals surface area contributed by atoms with Gasteiger partial charge in [-0.3, -0.25) is 4.79 Å². The van der Waals surface area contributed by atoms with Crippen molar-refractivity contribution in [3.63, 3.8) is 0 Å². The maximum atomic E-state index is 12.9. The van der Waals surface area contributed by atoms with Crippen molar-refractivity contribution in [3.8, 4) is 5.75 Å². The number of rotatable bonds is 9. The van der Waals surface area contributed by atoms with Crippen LogP contribution in [-0.4, -0.2) is 32.0 Å². The maximum Gasteiger partial charge on any atom is 0.306 e. The average Bonchev–Trinajstić information content (AvgIpc) is 2.44. The van der Waals surface area contributed by atoms with Gasteiger partial charge in [-0.15, -0.1) is 0 Å². The van der Waals surface area contributed by atoms with Crippen molar-refractivity contribution in [3.05, 3.63) is 29.8 Å². The van der Waals surface area contributed by atoms with Crippen molar-refractivity contribution in [2.75, 3.05) is 12.8 Å². The minimum Gasteiger partial charge on any atom is -0.383 e. The summed E-state index contributed by atoms with van der Waals surface area (Å²) >= 11 is 0. The van der Waals surface area contributed by atoms with Gasteiger partial charge in [0.25, 0.3) is 0 Å². The molecule has 1 unspecified atom stereocenters. The van der Waals surface area contributed by atoms with Crippen molar-refractivity contribution >= 4 is 16.0 Å². The van der Waals surface area contributed by atoms with Crippen LogP contribution in [0.3, 0.4) is 0 Å². The number of amides is 1. The second-order valence-corrected chi connectivity index (χ2v) is 10.7. The number of carbonyl (C=O) groups is 1. The molecular formula is C21H35NO4S. The number of nitrogens with zero attached hydrogens (tertiary/aromatic N) is 1. The van der Waals surface area contributed by atoms with Crippen LogP contribution in [0, 0.1) is 17.3 Å².